The fraction of sp³-hybridized carbons (Fsp3) is 0.261. The molecular formula is C23H23ClN4O2. The highest BCUT2D eigenvalue weighted by atomic mass is 35.5. The molecule has 1 aliphatic rings. The number of fused-ring (bicyclic) bond motifs is 1. The Kier molecular flexibility index (Phi) is 6.14. The monoisotopic (exact) mass is 422 g/mol. The van der Waals surface area contributed by atoms with Crippen molar-refractivity contribution in [2.24, 2.45) is 0 Å². The summed E-state index contributed by atoms with van der Waals surface area (Å²) in [6.07, 6.45) is 5.70. The fourth-order valence-electron chi connectivity index (χ4n) is 3.83. The smallest absolute Gasteiger partial charge is 0.223 e. The van der Waals surface area contributed by atoms with Gasteiger partial charge in [-0.1, -0.05) is 29.8 Å². The standard InChI is InChI=1S/C23H23ClN4O2/c24-19-5-2-1-4-18(19)23-20-6-3-13-27(20)14-15-28(23)22(30)8-7-21(29)26-16-17-9-11-25-12-10-17/h1-6,9-13,23H,7-8,14-16H2,(H,26,29). The van der Waals surface area contributed by atoms with E-state index in [2.05, 4.69) is 14.9 Å². The number of hydrogen-bond acceptors (Lipinski definition) is 3. The summed E-state index contributed by atoms with van der Waals surface area (Å²) in [5, 5.41) is 3.49. The number of carbonyl (C=O) groups is 2. The largest absolute Gasteiger partial charge is 0.352 e. The Morgan fingerprint density at radius 3 is 2.63 bits per heavy atom. The van der Waals surface area contributed by atoms with Crippen LogP contribution in [-0.4, -0.2) is 32.8 Å². The Bertz CT molecular complexity index is 1030. The van der Waals surface area contributed by atoms with Gasteiger partial charge in [0.25, 0.3) is 0 Å². The molecule has 3 heterocycles. The minimum absolute atomic E-state index is 0.0496. The third kappa shape index (κ3) is 4.39. The number of hydrogen-bond donors (Lipinski definition) is 1. The molecule has 0 fully saturated rings. The van der Waals surface area contributed by atoms with Gasteiger partial charge in [-0.05, 0) is 41.5 Å². The van der Waals surface area contributed by atoms with E-state index in [0.717, 1.165) is 23.4 Å². The number of nitrogens with one attached hydrogen (secondary N) is 1. The minimum atomic E-state index is -0.255. The Balaban J connectivity index is 1.43. The van der Waals surface area contributed by atoms with E-state index < -0.39 is 0 Å². The molecule has 154 valence electrons. The summed E-state index contributed by atoms with van der Waals surface area (Å²) in [6, 6.07) is 15.1. The van der Waals surface area contributed by atoms with Gasteiger partial charge in [0.15, 0.2) is 0 Å². The van der Waals surface area contributed by atoms with Crippen LogP contribution >= 0.6 is 11.6 Å². The average molecular weight is 423 g/mol. The predicted octanol–water partition coefficient (Wildman–Crippen LogP) is 3.56. The summed E-state index contributed by atoms with van der Waals surface area (Å²) >= 11 is 6.47. The SMILES string of the molecule is O=C(CCC(=O)N1CCn2cccc2C1c1ccccc1Cl)NCc1ccncc1. The Hall–Kier alpha value is -3.12. The van der Waals surface area contributed by atoms with E-state index in [-0.39, 0.29) is 30.7 Å². The summed E-state index contributed by atoms with van der Waals surface area (Å²) in [5.41, 5.74) is 2.90. The van der Waals surface area contributed by atoms with Crippen molar-refractivity contribution in [1.82, 2.24) is 19.8 Å². The zero-order valence-electron chi connectivity index (χ0n) is 16.5. The maximum absolute atomic E-state index is 13.1. The summed E-state index contributed by atoms with van der Waals surface area (Å²) in [6.45, 7) is 1.73. The van der Waals surface area contributed by atoms with Crippen LogP contribution in [0.2, 0.25) is 5.02 Å². The van der Waals surface area contributed by atoms with Gasteiger partial charge in [-0.15, -0.1) is 0 Å². The maximum atomic E-state index is 13.1. The van der Waals surface area contributed by atoms with Crippen LogP contribution in [0.4, 0.5) is 0 Å². The fourth-order valence-corrected chi connectivity index (χ4v) is 4.07. The van der Waals surface area contributed by atoms with Gasteiger partial charge in [0.1, 0.15) is 0 Å². The summed E-state index contributed by atoms with van der Waals surface area (Å²) in [5.74, 6) is -0.193. The van der Waals surface area contributed by atoms with Crippen molar-refractivity contribution in [2.45, 2.75) is 32.0 Å². The predicted molar refractivity (Wildman–Crippen MR) is 115 cm³/mol. The van der Waals surface area contributed by atoms with Gasteiger partial charge in [0.2, 0.25) is 11.8 Å². The molecule has 6 nitrogen and oxygen atoms in total. The number of benzene rings is 1. The lowest BCUT2D eigenvalue weighted by atomic mass is 9.99. The quantitative estimate of drug-likeness (QED) is 0.660. The first-order valence-corrected chi connectivity index (χ1v) is 10.4. The minimum Gasteiger partial charge on any atom is -0.352 e. The lowest BCUT2D eigenvalue weighted by Crippen LogP contribution is -2.42. The van der Waals surface area contributed by atoms with Crippen molar-refractivity contribution in [3.05, 3.63) is 89.0 Å². The Labute approximate surface area is 180 Å². The number of pyridine rings is 1. The number of carbonyl (C=O) groups excluding carboxylic acids is 2. The van der Waals surface area contributed by atoms with E-state index in [1.807, 2.05) is 59.6 Å². The first-order chi connectivity index (χ1) is 14.6. The van der Waals surface area contributed by atoms with Crippen LogP contribution in [0, 0.1) is 0 Å². The van der Waals surface area contributed by atoms with Crippen LogP contribution in [0.1, 0.15) is 35.7 Å². The van der Waals surface area contributed by atoms with E-state index in [9.17, 15) is 9.59 Å². The molecule has 1 N–H and O–H groups in total. The number of nitrogens with zero attached hydrogens (tertiary/aromatic N) is 3. The van der Waals surface area contributed by atoms with E-state index >= 15 is 0 Å². The van der Waals surface area contributed by atoms with E-state index in [1.165, 1.54) is 0 Å². The molecule has 0 saturated carbocycles. The van der Waals surface area contributed by atoms with Crippen molar-refractivity contribution in [3.8, 4) is 0 Å². The number of amides is 2. The highest BCUT2D eigenvalue weighted by Crippen LogP contribution is 2.36. The summed E-state index contributed by atoms with van der Waals surface area (Å²) < 4.78 is 2.15. The zero-order chi connectivity index (χ0) is 20.9. The first-order valence-electron chi connectivity index (χ1n) is 9.98. The lowest BCUT2D eigenvalue weighted by Gasteiger charge is -2.37. The van der Waals surface area contributed by atoms with E-state index in [4.69, 9.17) is 11.6 Å². The molecule has 30 heavy (non-hydrogen) atoms. The molecule has 1 atom stereocenters. The molecule has 0 spiro atoms. The molecule has 0 saturated heterocycles. The van der Waals surface area contributed by atoms with Gasteiger partial charge in [-0.2, -0.15) is 0 Å². The Morgan fingerprint density at radius 1 is 1.03 bits per heavy atom. The molecule has 3 aromatic rings. The number of rotatable bonds is 6. The van der Waals surface area contributed by atoms with Gasteiger partial charge in [-0.3, -0.25) is 14.6 Å². The molecule has 2 aromatic heterocycles. The van der Waals surface area contributed by atoms with E-state index in [1.54, 1.807) is 12.4 Å². The molecule has 1 aromatic carbocycles. The van der Waals surface area contributed by atoms with Crippen LogP contribution in [0.5, 0.6) is 0 Å². The first kappa shape index (κ1) is 20.2. The zero-order valence-corrected chi connectivity index (χ0v) is 17.3. The molecule has 0 bridgehead atoms. The highest BCUT2D eigenvalue weighted by Gasteiger charge is 2.33. The summed E-state index contributed by atoms with van der Waals surface area (Å²) in [4.78, 5) is 31.1. The number of halogens is 1. The van der Waals surface area contributed by atoms with Crippen molar-refractivity contribution in [3.63, 3.8) is 0 Å². The molecular weight excluding hydrogens is 400 g/mol. The van der Waals surface area contributed by atoms with Crippen molar-refractivity contribution in [2.75, 3.05) is 6.54 Å². The van der Waals surface area contributed by atoms with Gasteiger partial charge in [-0.25, -0.2) is 0 Å². The van der Waals surface area contributed by atoms with Crippen LogP contribution in [0.25, 0.3) is 0 Å². The second-order valence-corrected chi connectivity index (χ2v) is 7.68. The van der Waals surface area contributed by atoms with Gasteiger partial charge in [0, 0.05) is 61.8 Å². The average Bonchev–Trinajstić information content (AvgIpc) is 3.25. The van der Waals surface area contributed by atoms with E-state index in [0.29, 0.717) is 18.1 Å². The van der Waals surface area contributed by atoms with Crippen molar-refractivity contribution in [1.29, 1.82) is 0 Å². The topological polar surface area (TPSA) is 67.2 Å². The van der Waals surface area contributed by atoms with Gasteiger partial charge in [0.05, 0.1) is 6.04 Å². The second kappa shape index (κ2) is 9.13. The van der Waals surface area contributed by atoms with Crippen molar-refractivity contribution >= 4 is 23.4 Å². The third-order valence-corrected chi connectivity index (χ3v) is 5.71. The molecule has 0 aliphatic carbocycles. The molecule has 7 heteroatoms. The van der Waals surface area contributed by atoms with Gasteiger partial charge >= 0.3 is 0 Å². The normalized spacial score (nSPS) is 15.5. The molecule has 2 amide bonds. The highest BCUT2D eigenvalue weighted by molar-refractivity contribution is 6.31. The molecule has 4 rings (SSSR count). The molecule has 1 aliphatic heterocycles. The van der Waals surface area contributed by atoms with Crippen molar-refractivity contribution < 1.29 is 9.59 Å². The maximum Gasteiger partial charge on any atom is 0.223 e. The molecule has 0 radical (unpaired) electrons. The van der Waals surface area contributed by atoms with Crippen LogP contribution in [0.3, 0.4) is 0 Å². The number of aromatic nitrogens is 2. The summed E-state index contributed by atoms with van der Waals surface area (Å²) in [7, 11) is 0. The molecule has 1 unspecified atom stereocenters. The third-order valence-electron chi connectivity index (χ3n) is 5.36. The van der Waals surface area contributed by atoms with Gasteiger partial charge < -0.3 is 14.8 Å². The lowest BCUT2D eigenvalue weighted by molar-refractivity contribution is -0.136. The van der Waals surface area contributed by atoms with Crippen LogP contribution in [0.15, 0.2) is 67.1 Å². The van der Waals surface area contributed by atoms with Crippen LogP contribution < -0.4 is 5.32 Å². The van der Waals surface area contributed by atoms with Crippen LogP contribution in [-0.2, 0) is 22.7 Å². The second-order valence-electron chi connectivity index (χ2n) is 7.27. The Morgan fingerprint density at radius 2 is 1.83 bits per heavy atom.